The van der Waals surface area contributed by atoms with Gasteiger partial charge in [0.15, 0.2) is 22.1 Å². The second kappa shape index (κ2) is 10.2. The van der Waals surface area contributed by atoms with E-state index in [0.29, 0.717) is 51.6 Å². The summed E-state index contributed by atoms with van der Waals surface area (Å²) in [4.78, 5) is 0. The summed E-state index contributed by atoms with van der Waals surface area (Å²) in [5.41, 5.74) is 1.48. The van der Waals surface area contributed by atoms with Crippen LogP contribution < -0.4 is 23.7 Å². The Bertz CT molecular complexity index is 1070. The van der Waals surface area contributed by atoms with Crippen LogP contribution in [0, 0.1) is 4.77 Å². The van der Waals surface area contributed by atoms with E-state index in [2.05, 4.69) is 17.1 Å². The number of hydrogen-bond acceptors (Lipinski definition) is 7. The van der Waals surface area contributed by atoms with Gasteiger partial charge in [-0.15, -0.1) is 0 Å². The van der Waals surface area contributed by atoms with Gasteiger partial charge in [-0.1, -0.05) is 13.3 Å². The van der Waals surface area contributed by atoms with Crippen molar-refractivity contribution in [1.82, 2.24) is 14.8 Å². The van der Waals surface area contributed by atoms with Gasteiger partial charge in [-0.2, -0.15) is 5.10 Å². The summed E-state index contributed by atoms with van der Waals surface area (Å²) >= 11 is 5.54. The molecule has 0 amide bonds. The molecule has 166 valence electrons. The highest BCUT2D eigenvalue weighted by molar-refractivity contribution is 7.71. The van der Waals surface area contributed by atoms with Gasteiger partial charge in [-0.05, 0) is 30.8 Å². The van der Waals surface area contributed by atoms with Gasteiger partial charge in [-0.3, -0.25) is 9.67 Å². The zero-order chi connectivity index (χ0) is 22.4. The molecule has 3 aromatic rings. The molecule has 1 N–H and O–H groups in total. The highest BCUT2D eigenvalue weighted by Gasteiger charge is 2.20. The number of nitrogens with one attached hydrogen (secondary N) is 1. The Morgan fingerprint density at radius 1 is 0.935 bits per heavy atom. The van der Waals surface area contributed by atoms with Gasteiger partial charge in [0, 0.05) is 18.2 Å². The number of hydrogen-bond donors (Lipinski definition) is 1. The molecule has 0 aliphatic carbocycles. The van der Waals surface area contributed by atoms with Gasteiger partial charge in [-0.25, -0.2) is 0 Å². The van der Waals surface area contributed by atoms with Crippen LogP contribution >= 0.6 is 12.2 Å². The van der Waals surface area contributed by atoms with Crippen molar-refractivity contribution in [3.63, 3.8) is 0 Å². The molecule has 0 aliphatic heterocycles. The topological polar surface area (TPSA) is 79.8 Å². The molecule has 1 aromatic heterocycles. The van der Waals surface area contributed by atoms with E-state index < -0.39 is 0 Å². The molecule has 0 fully saturated rings. The first-order valence-corrected chi connectivity index (χ1v) is 10.3. The SMILES string of the molecule is CCCCOc1cc(OC)ccc1-c1n[nH]c(=S)n1-c1cc(OC)c(OC)c(OC)c1. The molecular weight excluding hydrogens is 418 g/mol. The molecule has 31 heavy (non-hydrogen) atoms. The molecule has 2 aromatic carbocycles. The Balaban J connectivity index is 2.18. The molecule has 3 rings (SSSR count). The summed E-state index contributed by atoms with van der Waals surface area (Å²) in [6.07, 6.45) is 1.97. The Labute approximate surface area is 186 Å². The van der Waals surface area contributed by atoms with Crippen LogP contribution in [0.5, 0.6) is 28.7 Å². The van der Waals surface area contributed by atoms with E-state index in [9.17, 15) is 0 Å². The molecule has 0 spiro atoms. The average Bonchev–Trinajstić information content (AvgIpc) is 3.19. The first-order chi connectivity index (χ1) is 15.1. The van der Waals surface area contributed by atoms with E-state index in [1.54, 1.807) is 33.0 Å². The van der Waals surface area contributed by atoms with E-state index in [-0.39, 0.29) is 0 Å². The fraction of sp³-hybridized carbons (Fsp3) is 0.364. The fourth-order valence-corrected chi connectivity index (χ4v) is 3.41. The lowest BCUT2D eigenvalue weighted by atomic mass is 10.1. The second-order valence-corrected chi connectivity index (χ2v) is 7.02. The minimum atomic E-state index is 0.416. The molecule has 0 aliphatic rings. The van der Waals surface area contributed by atoms with E-state index in [1.807, 2.05) is 30.3 Å². The van der Waals surface area contributed by atoms with Gasteiger partial charge in [0.2, 0.25) is 5.75 Å². The molecule has 0 bridgehead atoms. The standard InChI is InChI=1S/C22H27N3O5S/c1-6-7-10-30-17-13-15(26-2)8-9-16(17)21-23-24-22(31)25(21)14-11-18(27-3)20(29-5)19(12-14)28-4/h8-9,11-13H,6-7,10H2,1-5H3,(H,24,31). The van der Waals surface area contributed by atoms with Gasteiger partial charge in [0.1, 0.15) is 11.5 Å². The monoisotopic (exact) mass is 445 g/mol. The number of rotatable bonds is 10. The largest absolute Gasteiger partial charge is 0.497 e. The van der Waals surface area contributed by atoms with Crippen molar-refractivity contribution in [2.75, 3.05) is 35.0 Å². The van der Waals surface area contributed by atoms with Crippen LogP contribution in [0.25, 0.3) is 17.1 Å². The van der Waals surface area contributed by atoms with Crippen molar-refractivity contribution in [2.45, 2.75) is 19.8 Å². The zero-order valence-electron chi connectivity index (χ0n) is 18.4. The van der Waals surface area contributed by atoms with Crippen LogP contribution in [0.1, 0.15) is 19.8 Å². The Morgan fingerprint density at radius 2 is 1.65 bits per heavy atom. The van der Waals surface area contributed by atoms with E-state index in [1.165, 1.54) is 0 Å². The molecule has 8 nitrogen and oxygen atoms in total. The smallest absolute Gasteiger partial charge is 0.203 e. The lowest BCUT2D eigenvalue weighted by Gasteiger charge is -2.16. The number of aromatic amines is 1. The predicted octanol–water partition coefficient (Wildman–Crippen LogP) is 4.81. The number of methoxy groups -OCH3 is 4. The number of unbranched alkanes of at least 4 members (excludes halogenated alkanes) is 1. The Hall–Kier alpha value is -3.20. The van der Waals surface area contributed by atoms with Crippen molar-refractivity contribution < 1.29 is 23.7 Å². The fourth-order valence-electron chi connectivity index (χ4n) is 3.17. The van der Waals surface area contributed by atoms with Crippen molar-refractivity contribution in [3.8, 4) is 45.8 Å². The first kappa shape index (κ1) is 22.5. The van der Waals surface area contributed by atoms with Crippen LogP contribution in [0.2, 0.25) is 0 Å². The van der Waals surface area contributed by atoms with Crippen LogP contribution in [-0.4, -0.2) is 49.8 Å². The molecule has 0 saturated carbocycles. The summed E-state index contributed by atoms with van der Waals surface area (Å²) < 4.78 is 30.1. The number of H-pyrrole nitrogens is 1. The van der Waals surface area contributed by atoms with E-state index in [4.69, 9.17) is 35.9 Å². The van der Waals surface area contributed by atoms with Gasteiger partial charge >= 0.3 is 0 Å². The minimum Gasteiger partial charge on any atom is -0.497 e. The van der Waals surface area contributed by atoms with Crippen LogP contribution in [0.3, 0.4) is 0 Å². The Morgan fingerprint density at radius 3 is 2.23 bits per heavy atom. The van der Waals surface area contributed by atoms with Crippen molar-refractivity contribution in [1.29, 1.82) is 0 Å². The quantitative estimate of drug-likeness (QED) is 0.354. The van der Waals surface area contributed by atoms with Crippen molar-refractivity contribution in [2.24, 2.45) is 0 Å². The molecule has 0 radical (unpaired) electrons. The predicted molar refractivity (Wildman–Crippen MR) is 121 cm³/mol. The molecule has 0 unspecified atom stereocenters. The normalized spacial score (nSPS) is 10.6. The summed E-state index contributed by atoms with van der Waals surface area (Å²) in [5, 5.41) is 7.35. The minimum absolute atomic E-state index is 0.416. The lowest BCUT2D eigenvalue weighted by molar-refractivity contribution is 0.308. The Kier molecular flexibility index (Phi) is 7.41. The number of benzene rings is 2. The lowest BCUT2D eigenvalue weighted by Crippen LogP contribution is -2.04. The summed E-state index contributed by atoms with van der Waals surface area (Å²) in [6.45, 7) is 2.71. The number of nitrogens with zero attached hydrogens (tertiary/aromatic N) is 2. The molecular formula is C22H27N3O5S. The maximum Gasteiger partial charge on any atom is 0.203 e. The van der Waals surface area contributed by atoms with Gasteiger partial charge in [0.05, 0.1) is 46.3 Å². The van der Waals surface area contributed by atoms with Gasteiger partial charge in [0.25, 0.3) is 0 Å². The summed E-state index contributed by atoms with van der Waals surface area (Å²) in [7, 11) is 6.32. The van der Waals surface area contributed by atoms with Crippen molar-refractivity contribution in [3.05, 3.63) is 35.1 Å². The second-order valence-electron chi connectivity index (χ2n) is 6.64. The molecule has 1 heterocycles. The molecule has 9 heteroatoms. The number of ether oxygens (including phenoxy) is 5. The molecule has 0 atom stereocenters. The third-order valence-corrected chi connectivity index (χ3v) is 5.04. The highest BCUT2D eigenvalue weighted by atomic mass is 32.1. The third-order valence-electron chi connectivity index (χ3n) is 4.77. The summed E-state index contributed by atoms with van der Waals surface area (Å²) in [6, 6.07) is 9.25. The summed E-state index contributed by atoms with van der Waals surface area (Å²) in [5.74, 6) is 3.48. The van der Waals surface area contributed by atoms with Crippen molar-refractivity contribution >= 4 is 12.2 Å². The third kappa shape index (κ3) is 4.61. The zero-order valence-corrected chi connectivity index (χ0v) is 19.2. The number of aromatic nitrogens is 3. The van der Waals surface area contributed by atoms with Crippen LogP contribution in [-0.2, 0) is 0 Å². The average molecular weight is 446 g/mol. The van der Waals surface area contributed by atoms with Crippen LogP contribution in [0.15, 0.2) is 30.3 Å². The molecule has 0 saturated heterocycles. The van der Waals surface area contributed by atoms with E-state index in [0.717, 1.165) is 18.4 Å². The van der Waals surface area contributed by atoms with E-state index >= 15 is 0 Å². The first-order valence-electron chi connectivity index (χ1n) is 9.86. The maximum atomic E-state index is 6.05. The van der Waals surface area contributed by atoms with Crippen LogP contribution in [0.4, 0.5) is 0 Å². The highest BCUT2D eigenvalue weighted by Crippen LogP contribution is 2.41. The van der Waals surface area contributed by atoms with Gasteiger partial charge < -0.3 is 23.7 Å². The maximum absolute atomic E-state index is 6.05.